The molecule has 8 heteroatoms. The van der Waals surface area contributed by atoms with Crippen molar-refractivity contribution in [2.75, 3.05) is 4.72 Å². The van der Waals surface area contributed by atoms with Crippen LogP contribution in [0.1, 0.15) is 21.5 Å². The van der Waals surface area contributed by atoms with Crippen LogP contribution in [-0.2, 0) is 10.0 Å². The van der Waals surface area contributed by atoms with Gasteiger partial charge < -0.3 is 5.11 Å². The summed E-state index contributed by atoms with van der Waals surface area (Å²) in [6, 6.07) is 2.60. The number of carboxylic acids is 1. The molecule has 1 heterocycles. The lowest BCUT2D eigenvalue weighted by Crippen LogP contribution is -2.15. The number of aromatic carboxylic acids is 1. The van der Waals surface area contributed by atoms with Crippen LogP contribution in [0.25, 0.3) is 0 Å². The SMILES string of the molecule is Cc1cc(C(=O)O)cc(S(=O)(=O)Nc2nccs2)c1C. The highest BCUT2D eigenvalue weighted by Crippen LogP contribution is 2.24. The van der Waals surface area contributed by atoms with E-state index in [0.29, 0.717) is 11.1 Å². The van der Waals surface area contributed by atoms with E-state index in [1.54, 1.807) is 19.2 Å². The van der Waals surface area contributed by atoms with Crippen molar-refractivity contribution in [3.63, 3.8) is 0 Å². The normalized spacial score (nSPS) is 11.3. The number of rotatable bonds is 4. The molecule has 1 aromatic carbocycles. The van der Waals surface area contributed by atoms with Gasteiger partial charge in [-0.25, -0.2) is 18.2 Å². The quantitative estimate of drug-likeness (QED) is 0.902. The molecule has 0 saturated carbocycles. The van der Waals surface area contributed by atoms with Crippen LogP contribution in [-0.4, -0.2) is 24.5 Å². The molecule has 2 rings (SSSR count). The van der Waals surface area contributed by atoms with E-state index >= 15 is 0 Å². The zero-order valence-electron chi connectivity index (χ0n) is 10.7. The predicted molar refractivity (Wildman–Crippen MR) is 75.8 cm³/mol. The van der Waals surface area contributed by atoms with Crippen molar-refractivity contribution in [3.05, 3.63) is 40.4 Å². The van der Waals surface area contributed by atoms with Crippen molar-refractivity contribution in [2.45, 2.75) is 18.7 Å². The maximum absolute atomic E-state index is 12.3. The minimum absolute atomic E-state index is 0.0508. The van der Waals surface area contributed by atoms with Gasteiger partial charge in [-0.05, 0) is 37.1 Å². The summed E-state index contributed by atoms with van der Waals surface area (Å²) in [5, 5.41) is 10.9. The lowest BCUT2D eigenvalue weighted by Gasteiger charge is -2.11. The first-order valence-electron chi connectivity index (χ1n) is 5.58. The summed E-state index contributed by atoms with van der Waals surface area (Å²) in [5.41, 5.74) is 1.05. The van der Waals surface area contributed by atoms with Crippen molar-refractivity contribution in [1.29, 1.82) is 0 Å². The fraction of sp³-hybridized carbons (Fsp3) is 0.167. The zero-order valence-corrected chi connectivity index (χ0v) is 12.4. The van der Waals surface area contributed by atoms with Crippen molar-refractivity contribution >= 4 is 32.5 Å². The van der Waals surface area contributed by atoms with Crippen LogP contribution in [0, 0.1) is 13.8 Å². The van der Waals surface area contributed by atoms with Crippen molar-refractivity contribution in [1.82, 2.24) is 4.98 Å². The first kappa shape index (κ1) is 14.5. The number of carbonyl (C=O) groups is 1. The van der Waals surface area contributed by atoms with Gasteiger partial charge in [-0.3, -0.25) is 4.72 Å². The van der Waals surface area contributed by atoms with E-state index < -0.39 is 16.0 Å². The van der Waals surface area contributed by atoms with Gasteiger partial charge in [0.1, 0.15) is 0 Å². The van der Waals surface area contributed by atoms with Gasteiger partial charge in [0.15, 0.2) is 5.13 Å². The fourth-order valence-electron chi connectivity index (χ4n) is 1.67. The Kier molecular flexibility index (Phi) is 3.78. The number of carboxylic acid groups (broad SMARTS) is 1. The number of benzene rings is 1. The third-order valence-corrected chi connectivity index (χ3v) is 5.09. The summed E-state index contributed by atoms with van der Waals surface area (Å²) in [4.78, 5) is 14.8. The molecular weight excluding hydrogens is 300 g/mol. The number of anilines is 1. The second-order valence-electron chi connectivity index (χ2n) is 4.16. The van der Waals surface area contributed by atoms with Crippen molar-refractivity contribution < 1.29 is 18.3 Å². The van der Waals surface area contributed by atoms with Crippen LogP contribution in [0.2, 0.25) is 0 Å². The summed E-state index contributed by atoms with van der Waals surface area (Å²) in [7, 11) is -3.86. The summed E-state index contributed by atoms with van der Waals surface area (Å²) in [6.07, 6.45) is 1.48. The van der Waals surface area contributed by atoms with Crippen LogP contribution in [0.3, 0.4) is 0 Å². The lowest BCUT2D eigenvalue weighted by atomic mass is 10.1. The molecule has 0 aliphatic rings. The third kappa shape index (κ3) is 2.81. The first-order chi connectivity index (χ1) is 9.31. The zero-order chi connectivity index (χ0) is 14.9. The van der Waals surface area contributed by atoms with E-state index in [1.165, 1.54) is 12.3 Å². The number of thiazole rings is 1. The van der Waals surface area contributed by atoms with Gasteiger partial charge in [0, 0.05) is 11.6 Å². The number of aryl methyl sites for hydroxylation is 1. The molecule has 1 aromatic heterocycles. The van der Waals surface area contributed by atoms with Crippen LogP contribution in [0.5, 0.6) is 0 Å². The highest BCUT2D eigenvalue weighted by atomic mass is 32.2. The fourth-order valence-corrected chi connectivity index (χ4v) is 3.81. The molecule has 0 spiro atoms. The molecule has 2 N–H and O–H groups in total. The molecular formula is C12H12N2O4S2. The summed E-state index contributed by atoms with van der Waals surface area (Å²) >= 11 is 1.15. The molecule has 2 aromatic rings. The molecule has 0 radical (unpaired) electrons. The lowest BCUT2D eigenvalue weighted by molar-refractivity contribution is 0.0696. The molecule has 0 aliphatic carbocycles. The Bertz CT molecular complexity index is 752. The largest absolute Gasteiger partial charge is 0.478 e. The van der Waals surface area contributed by atoms with Crippen LogP contribution < -0.4 is 4.72 Å². The second-order valence-corrected chi connectivity index (χ2v) is 6.71. The number of sulfonamides is 1. The number of hydrogen-bond donors (Lipinski definition) is 2. The molecule has 20 heavy (non-hydrogen) atoms. The van der Waals surface area contributed by atoms with Crippen LogP contribution >= 0.6 is 11.3 Å². The van der Waals surface area contributed by atoms with Gasteiger partial charge in [0.25, 0.3) is 10.0 Å². The molecule has 6 nitrogen and oxygen atoms in total. The number of nitrogens with zero attached hydrogens (tertiary/aromatic N) is 1. The molecule has 0 bridgehead atoms. The van der Waals surface area contributed by atoms with Crippen LogP contribution in [0.15, 0.2) is 28.6 Å². The van der Waals surface area contributed by atoms with Crippen LogP contribution in [0.4, 0.5) is 5.13 Å². The number of nitrogens with one attached hydrogen (secondary N) is 1. The minimum atomic E-state index is -3.86. The van der Waals surface area contributed by atoms with E-state index in [1.807, 2.05) is 0 Å². The second kappa shape index (κ2) is 5.22. The molecule has 0 saturated heterocycles. The molecule has 0 atom stereocenters. The maximum atomic E-state index is 12.3. The summed E-state index contributed by atoms with van der Waals surface area (Å²) in [5.74, 6) is -1.17. The standard InChI is InChI=1S/C12H12N2O4S2/c1-7-5-9(11(15)16)6-10(8(7)2)20(17,18)14-12-13-3-4-19-12/h3-6H,1-2H3,(H,13,14)(H,15,16). The van der Waals surface area contributed by atoms with Gasteiger partial charge >= 0.3 is 5.97 Å². The van der Waals surface area contributed by atoms with E-state index in [4.69, 9.17) is 5.11 Å². The Morgan fingerprint density at radius 2 is 2.05 bits per heavy atom. The van der Waals surface area contributed by atoms with Gasteiger partial charge in [-0.1, -0.05) is 0 Å². The molecule has 0 aliphatic heterocycles. The Hall–Kier alpha value is -1.93. The average molecular weight is 312 g/mol. The Labute approximate surface area is 120 Å². The maximum Gasteiger partial charge on any atom is 0.335 e. The highest BCUT2D eigenvalue weighted by molar-refractivity contribution is 7.93. The van der Waals surface area contributed by atoms with Gasteiger partial charge in [0.05, 0.1) is 10.5 Å². The van der Waals surface area contributed by atoms with Crippen molar-refractivity contribution in [3.8, 4) is 0 Å². The Balaban J connectivity index is 2.53. The third-order valence-electron chi connectivity index (χ3n) is 2.81. The number of hydrogen-bond acceptors (Lipinski definition) is 5. The van der Waals surface area contributed by atoms with E-state index in [0.717, 1.165) is 17.4 Å². The summed E-state index contributed by atoms with van der Waals surface area (Å²) < 4.78 is 27.0. The number of aromatic nitrogens is 1. The average Bonchev–Trinajstić information content (AvgIpc) is 2.83. The Morgan fingerprint density at radius 1 is 1.35 bits per heavy atom. The van der Waals surface area contributed by atoms with Gasteiger partial charge in [-0.15, -0.1) is 11.3 Å². The monoisotopic (exact) mass is 312 g/mol. The molecule has 0 amide bonds. The summed E-state index contributed by atoms with van der Waals surface area (Å²) in [6.45, 7) is 3.31. The van der Waals surface area contributed by atoms with E-state index in [-0.39, 0.29) is 15.6 Å². The van der Waals surface area contributed by atoms with Gasteiger partial charge in [-0.2, -0.15) is 0 Å². The first-order valence-corrected chi connectivity index (χ1v) is 7.94. The molecule has 106 valence electrons. The molecule has 0 unspecified atom stereocenters. The predicted octanol–water partition coefficient (Wildman–Crippen LogP) is 2.26. The Morgan fingerprint density at radius 3 is 2.60 bits per heavy atom. The highest BCUT2D eigenvalue weighted by Gasteiger charge is 2.21. The van der Waals surface area contributed by atoms with Crippen molar-refractivity contribution in [2.24, 2.45) is 0 Å². The van der Waals surface area contributed by atoms with Gasteiger partial charge in [0.2, 0.25) is 0 Å². The van der Waals surface area contributed by atoms with E-state index in [2.05, 4.69) is 9.71 Å². The van der Waals surface area contributed by atoms with E-state index in [9.17, 15) is 13.2 Å². The topological polar surface area (TPSA) is 96.4 Å². The smallest absolute Gasteiger partial charge is 0.335 e. The minimum Gasteiger partial charge on any atom is -0.478 e. The molecule has 0 fully saturated rings.